The molecule has 0 unspecified atom stereocenters. The summed E-state index contributed by atoms with van der Waals surface area (Å²) < 4.78 is 10.1. The van der Waals surface area contributed by atoms with Gasteiger partial charge in [0.15, 0.2) is 0 Å². The average Bonchev–Trinajstić information content (AvgIpc) is 2.89. The number of carbonyl (C=O) groups is 2. The molecule has 9 heteroatoms. The third-order valence-electron chi connectivity index (χ3n) is 6.48. The smallest absolute Gasteiger partial charge is 0.320 e. The predicted molar refractivity (Wildman–Crippen MR) is 139 cm³/mol. The summed E-state index contributed by atoms with van der Waals surface area (Å²) in [5.41, 5.74) is 4.68. The van der Waals surface area contributed by atoms with Crippen molar-refractivity contribution in [1.82, 2.24) is 14.8 Å². The monoisotopic (exact) mass is 493 g/mol. The summed E-state index contributed by atoms with van der Waals surface area (Å²) in [4.78, 5) is 29.1. The molecular formula is C27H35N5O4. The number of benzene rings is 2. The summed E-state index contributed by atoms with van der Waals surface area (Å²) in [5, 5.41) is 9.63. The van der Waals surface area contributed by atoms with E-state index in [0.717, 1.165) is 56.0 Å². The van der Waals surface area contributed by atoms with E-state index in [1.807, 2.05) is 48.7 Å². The molecule has 36 heavy (non-hydrogen) atoms. The van der Waals surface area contributed by atoms with Crippen LogP contribution in [0.2, 0.25) is 0 Å². The molecule has 2 aliphatic heterocycles. The number of nitrogens with one attached hydrogen (secondary N) is 1. The van der Waals surface area contributed by atoms with Crippen LogP contribution in [0.1, 0.15) is 27.0 Å². The van der Waals surface area contributed by atoms with Crippen molar-refractivity contribution >= 4 is 23.8 Å². The molecule has 2 heterocycles. The van der Waals surface area contributed by atoms with E-state index in [1.165, 1.54) is 5.56 Å². The summed E-state index contributed by atoms with van der Waals surface area (Å²) in [6.07, 6.45) is 2.66. The molecule has 0 aliphatic carbocycles. The van der Waals surface area contributed by atoms with Gasteiger partial charge in [0.2, 0.25) is 0 Å². The maximum absolute atomic E-state index is 12.8. The number of esters is 1. The summed E-state index contributed by atoms with van der Waals surface area (Å²) >= 11 is 0. The van der Waals surface area contributed by atoms with Gasteiger partial charge in [-0.3, -0.25) is 19.5 Å². The lowest BCUT2D eigenvalue weighted by Crippen LogP contribution is -2.41. The average molecular weight is 494 g/mol. The Morgan fingerprint density at radius 2 is 1.78 bits per heavy atom. The van der Waals surface area contributed by atoms with Gasteiger partial charge in [-0.05, 0) is 54.4 Å². The van der Waals surface area contributed by atoms with Crippen LogP contribution < -0.4 is 5.32 Å². The summed E-state index contributed by atoms with van der Waals surface area (Å²) in [5.74, 6) is -0.384. The topological polar surface area (TPSA) is 86.7 Å². The molecule has 0 atom stereocenters. The minimum atomic E-state index is -0.240. The lowest BCUT2D eigenvalue weighted by atomic mass is 9.99. The molecule has 1 amide bonds. The number of hydrazone groups is 1. The van der Waals surface area contributed by atoms with Crippen LogP contribution in [0.15, 0.2) is 47.6 Å². The molecule has 0 saturated carbocycles. The zero-order valence-electron chi connectivity index (χ0n) is 21.1. The summed E-state index contributed by atoms with van der Waals surface area (Å²) in [6.45, 7) is 6.26. The number of fused-ring (bicyclic) bond motifs is 1. The van der Waals surface area contributed by atoms with E-state index in [1.54, 1.807) is 7.11 Å². The number of anilines is 1. The van der Waals surface area contributed by atoms with E-state index in [9.17, 15) is 9.59 Å². The molecule has 0 radical (unpaired) electrons. The SMILES string of the molecule is COCCOC(=O)CN1CCc2cc(NC(=O)c3ccc(/C=N/N4CCN(C)CC4)cc3)ccc2C1. The first-order valence-corrected chi connectivity index (χ1v) is 12.4. The van der Waals surface area contributed by atoms with Gasteiger partial charge in [-0.2, -0.15) is 5.10 Å². The van der Waals surface area contributed by atoms with Crippen LogP contribution in [0.4, 0.5) is 5.69 Å². The van der Waals surface area contributed by atoms with Crippen molar-refractivity contribution < 1.29 is 19.1 Å². The van der Waals surface area contributed by atoms with E-state index in [4.69, 9.17) is 9.47 Å². The molecule has 4 rings (SSSR count). The second-order valence-electron chi connectivity index (χ2n) is 9.24. The Bertz CT molecular complexity index is 1060. The Kier molecular flexibility index (Phi) is 9.05. The maximum atomic E-state index is 12.8. The number of likely N-dealkylation sites (N-methyl/N-ethyl adjacent to an activating group) is 1. The Labute approximate surface area is 212 Å². The fourth-order valence-electron chi connectivity index (χ4n) is 4.27. The van der Waals surface area contributed by atoms with Crippen molar-refractivity contribution in [1.29, 1.82) is 0 Å². The molecule has 9 nitrogen and oxygen atoms in total. The van der Waals surface area contributed by atoms with Crippen molar-refractivity contribution in [3.05, 3.63) is 64.7 Å². The van der Waals surface area contributed by atoms with Crippen LogP contribution in [0.25, 0.3) is 0 Å². The van der Waals surface area contributed by atoms with Crippen molar-refractivity contribution in [2.24, 2.45) is 5.10 Å². The van der Waals surface area contributed by atoms with E-state index in [-0.39, 0.29) is 25.0 Å². The van der Waals surface area contributed by atoms with Crippen molar-refractivity contribution in [3.8, 4) is 0 Å². The molecule has 1 fully saturated rings. The van der Waals surface area contributed by atoms with E-state index in [0.29, 0.717) is 18.7 Å². The third-order valence-corrected chi connectivity index (χ3v) is 6.48. The first kappa shape index (κ1) is 25.8. The second-order valence-corrected chi connectivity index (χ2v) is 9.24. The van der Waals surface area contributed by atoms with Gasteiger partial charge in [0.05, 0.1) is 19.4 Å². The number of ether oxygens (including phenoxy) is 2. The molecule has 1 N–H and O–H groups in total. The standard InChI is InChI=1S/C27H35N5O4/c1-30-11-13-32(14-12-30)28-18-21-3-5-22(6-4-21)27(34)29-25-8-7-24-19-31(10-9-23(24)17-25)20-26(33)36-16-15-35-2/h3-8,17-18H,9-16,19-20H2,1-2H3,(H,29,34)/b28-18+. The molecule has 2 aromatic rings. The number of piperazine rings is 1. The largest absolute Gasteiger partial charge is 0.462 e. The van der Waals surface area contributed by atoms with Crippen molar-refractivity contribution in [2.45, 2.75) is 13.0 Å². The normalized spacial score (nSPS) is 16.7. The fourth-order valence-corrected chi connectivity index (χ4v) is 4.27. The van der Waals surface area contributed by atoms with Gasteiger partial charge in [0.1, 0.15) is 6.61 Å². The van der Waals surface area contributed by atoms with Gasteiger partial charge in [0.25, 0.3) is 5.91 Å². The lowest BCUT2D eigenvalue weighted by Gasteiger charge is -2.30. The molecule has 0 spiro atoms. The third kappa shape index (κ3) is 7.36. The van der Waals surface area contributed by atoms with Gasteiger partial charge in [-0.25, -0.2) is 0 Å². The number of nitrogens with zero attached hydrogens (tertiary/aromatic N) is 4. The molecular weight excluding hydrogens is 458 g/mol. The molecule has 1 saturated heterocycles. The van der Waals surface area contributed by atoms with E-state index >= 15 is 0 Å². The first-order valence-electron chi connectivity index (χ1n) is 12.4. The highest BCUT2D eigenvalue weighted by molar-refractivity contribution is 6.04. The van der Waals surface area contributed by atoms with Crippen LogP contribution in [-0.2, 0) is 27.2 Å². The number of methoxy groups -OCH3 is 1. The first-order chi connectivity index (χ1) is 17.5. The quantitative estimate of drug-likeness (QED) is 0.325. The van der Waals surface area contributed by atoms with Crippen LogP contribution in [0.5, 0.6) is 0 Å². The number of hydrogen-bond donors (Lipinski definition) is 1. The highest BCUT2D eigenvalue weighted by Gasteiger charge is 2.20. The van der Waals surface area contributed by atoms with Crippen LogP contribution in [0.3, 0.4) is 0 Å². The molecule has 2 aliphatic rings. The predicted octanol–water partition coefficient (Wildman–Crippen LogP) is 2.07. The van der Waals surface area contributed by atoms with Crippen LogP contribution in [0, 0.1) is 0 Å². The molecule has 0 bridgehead atoms. The summed E-state index contributed by atoms with van der Waals surface area (Å²) in [6, 6.07) is 13.4. The van der Waals surface area contributed by atoms with E-state index < -0.39 is 0 Å². The number of amides is 1. The van der Waals surface area contributed by atoms with Gasteiger partial charge >= 0.3 is 5.97 Å². The van der Waals surface area contributed by atoms with Gasteiger partial charge < -0.3 is 19.7 Å². The van der Waals surface area contributed by atoms with E-state index in [2.05, 4.69) is 32.3 Å². The molecule has 2 aromatic carbocycles. The van der Waals surface area contributed by atoms with Crippen LogP contribution >= 0.6 is 0 Å². The fraction of sp³-hybridized carbons (Fsp3) is 0.444. The minimum absolute atomic E-state index is 0.145. The Hall–Kier alpha value is -3.27. The van der Waals surface area contributed by atoms with Gasteiger partial charge in [-0.15, -0.1) is 0 Å². The Morgan fingerprint density at radius 1 is 1.00 bits per heavy atom. The summed E-state index contributed by atoms with van der Waals surface area (Å²) in [7, 11) is 3.70. The molecule has 192 valence electrons. The number of rotatable bonds is 9. The minimum Gasteiger partial charge on any atom is -0.462 e. The highest BCUT2D eigenvalue weighted by Crippen LogP contribution is 2.23. The Balaban J connectivity index is 1.28. The number of carbonyl (C=O) groups excluding carboxylic acids is 2. The second kappa shape index (κ2) is 12.6. The molecule has 0 aromatic heterocycles. The zero-order chi connectivity index (χ0) is 25.3. The van der Waals surface area contributed by atoms with Crippen molar-refractivity contribution in [3.63, 3.8) is 0 Å². The maximum Gasteiger partial charge on any atom is 0.320 e. The zero-order valence-corrected chi connectivity index (χ0v) is 21.1. The Morgan fingerprint density at radius 3 is 2.53 bits per heavy atom. The van der Waals surface area contributed by atoms with Gasteiger partial charge in [0, 0.05) is 57.6 Å². The highest BCUT2D eigenvalue weighted by atomic mass is 16.6. The van der Waals surface area contributed by atoms with Crippen LogP contribution in [-0.4, -0.2) is 99.5 Å². The van der Waals surface area contributed by atoms with Crippen molar-refractivity contribution in [2.75, 3.05) is 72.0 Å². The lowest BCUT2D eigenvalue weighted by molar-refractivity contribution is -0.146. The number of hydrogen-bond acceptors (Lipinski definition) is 8. The van der Waals surface area contributed by atoms with Gasteiger partial charge in [-0.1, -0.05) is 18.2 Å².